The number of rotatable bonds is 16. The van der Waals surface area contributed by atoms with Crippen LogP contribution >= 0.6 is 0 Å². The number of amides is 3. The number of nitrogens with one attached hydrogen (secondary N) is 3. The van der Waals surface area contributed by atoms with Gasteiger partial charge in [-0.05, 0) is 41.9 Å². The Bertz CT molecular complexity index is 2110. The molecule has 3 aromatic carbocycles. The highest BCUT2D eigenvalue weighted by molar-refractivity contribution is 7.91. The first-order chi connectivity index (χ1) is 26.9. The van der Waals surface area contributed by atoms with Gasteiger partial charge >= 0.3 is 5.97 Å². The first kappa shape index (κ1) is 38.9. The number of hydrogen-bond acceptors (Lipinski definition) is 11. The summed E-state index contributed by atoms with van der Waals surface area (Å²) in [5.41, 5.74) is 6.29. The monoisotopic (exact) mass is 783 g/mol. The third-order valence-corrected chi connectivity index (χ3v) is 12.4. The number of likely N-dealkylation sites (tertiary alicyclic amines) is 1. The standard InChI is InChI=1S/C41H45N5O9S/c1-4-27-21-41(27,40(50)45-56(51,52)29-18-19-29)42-38(48)34-20-28(54-44-37-32-16-10-8-14-30(32)31-15-9-11-17-33(31)37)22-46(34)39(49)36(25(2)3)43-55-35(47)24-53-23-26-12-6-5-7-13-26/h4-17,25,27-29,34,36,43H,1,18-24H2,2-3H3,(H,42,48)(H,45,50)/t27-,28-,34+,36-,41+/m1/s1. The van der Waals surface area contributed by atoms with Gasteiger partial charge in [0.1, 0.15) is 36.0 Å². The highest BCUT2D eigenvalue weighted by atomic mass is 32.2. The summed E-state index contributed by atoms with van der Waals surface area (Å²) >= 11 is 0. The van der Waals surface area contributed by atoms with E-state index in [1.165, 1.54) is 11.0 Å². The molecule has 3 amide bonds. The van der Waals surface area contributed by atoms with Gasteiger partial charge in [-0.1, -0.05) is 104 Å². The summed E-state index contributed by atoms with van der Waals surface area (Å²) in [6.07, 6.45) is 1.80. The molecule has 294 valence electrons. The number of hydroxylamine groups is 1. The number of benzene rings is 3. The van der Waals surface area contributed by atoms with Crippen molar-refractivity contribution in [3.05, 3.63) is 108 Å². The van der Waals surface area contributed by atoms with E-state index in [0.29, 0.717) is 18.6 Å². The molecular formula is C41H45N5O9S. The molecule has 0 bridgehead atoms. The normalized spacial score (nSPS) is 22.7. The van der Waals surface area contributed by atoms with Crippen LogP contribution in [0, 0.1) is 11.8 Å². The van der Waals surface area contributed by atoms with E-state index >= 15 is 0 Å². The first-order valence-corrected chi connectivity index (χ1v) is 20.3. The number of oxime groups is 1. The van der Waals surface area contributed by atoms with Crippen LogP contribution in [0.4, 0.5) is 0 Å². The second-order valence-corrected chi connectivity index (χ2v) is 16.9. The van der Waals surface area contributed by atoms with Gasteiger partial charge in [0.2, 0.25) is 21.8 Å². The number of ether oxygens (including phenoxy) is 1. The van der Waals surface area contributed by atoms with Crippen LogP contribution in [0.5, 0.6) is 0 Å². The smallest absolute Gasteiger partial charge is 0.350 e. The fourth-order valence-electron chi connectivity index (χ4n) is 7.24. The van der Waals surface area contributed by atoms with E-state index in [1.807, 2.05) is 78.9 Å². The molecule has 2 saturated carbocycles. The molecule has 5 atom stereocenters. The molecule has 3 N–H and O–H groups in total. The second-order valence-electron chi connectivity index (χ2n) is 15.0. The number of sulfonamides is 1. The molecule has 0 unspecified atom stereocenters. The fraction of sp³-hybridized carbons (Fsp3) is 0.390. The summed E-state index contributed by atoms with van der Waals surface area (Å²) in [6, 6.07) is 22.7. The lowest BCUT2D eigenvalue weighted by atomic mass is 10.0. The van der Waals surface area contributed by atoms with Gasteiger partial charge in [-0.15, -0.1) is 12.1 Å². The minimum absolute atomic E-state index is 0.00635. The zero-order valence-electron chi connectivity index (χ0n) is 31.2. The van der Waals surface area contributed by atoms with Crippen LogP contribution in [0.25, 0.3) is 11.1 Å². The Morgan fingerprint density at radius 3 is 2.16 bits per heavy atom. The molecule has 1 saturated heterocycles. The van der Waals surface area contributed by atoms with Gasteiger partial charge in [-0.3, -0.25) is 19.1 Å². The molecule has 0 radical (unpaired) electrons. The zero-order valence-corrected chi connectivity index (χ0v) is 32.0. The highest BCUT2D eigenvalue weighted by Crippen LogP contribution is 2.45. The van der Waals surface area contributed by atoms with E-state index in [-0.39, 0.29) is 32.6 Å². The van der Waals surface area contributed by atoms with Gasteiger partial charge in [-0.2, -0.15) is 0 Å². The quantitative estimate of drug-likeness (QED) is 0.113. The molecule has 56 heavy (non-hydrogen) atoms. The van der Waals surface area contributed by atoms with Gasteiger partial charge in [0, 0.05) is 23.5 Å². The minimum Gasteiger partial charge on any atom is -0.390 e. The lowest BCUT2D eigenvalue weighted by Crippen LogP contribution is -2.58. The molecular weight excluding hydrogens is 739 g/mol. The average Bonchev–Trinajstić information content (AvgIpc) is 4.10. The lowest BCUT2D eigenvalue weighted by Gasteiger charge is -2.30. The maximum absolute atomic E-state index is 14.3. The maximum Gasteiger partial charge on any atom is 0.350 e. The molecule has 0 aromatic heterocycles. The van der Waals surface area contributed by atoms with Crippen molar-refractivity contribution in [2.45, 2.75) is 75.1 Å². The summed E-state index contributed by atoms with van der Waals surface area (Å²) in [7, 11) is -3.90. The van der Waals surface area contributed by atoms with Crippen LogP contribution in [0.1, 0.15) is 56.2 Å². The number of carbonyl (C=O) groups excluding carboxylic acids is 4. The molecule has 3 aliphatic carbocycles. The number of hydrogen-bond donors (Lipinski definition) is 3. The van der Waals surface area contributed by atoms with Crippen molar-refractivity contribution in [2.24, 2.45) is 17.0 Å². The molecule has 3 fully saturated rings. The predicted octanol–water partition coefficient (Wildman–Crippen LogP) is 3.36. The van der Waals surface area contributed by atoms with E-state index in [2.05, 4.69) is 27.3 Å². The Kier molecular flexibility index (Phi) is 11.1. The molecule has 1 heterocycles. The molecule has 14 nitrogen and oxygen atoms in total. The van der Waals surface area contributed by atoms with Crippen LogP contribution in [-0.2, 0) is 50.2 Å². The van der Waals surface area contributed by atoms with Crippen LogP contribution in [0.2, 0.25) is 0 Å². The Balaban J connectivity index is 1.09. The topological polar surface area (TPSA) is 182 Å². The van der Waals surface area contributed by atoms with Gasteiger partial charge in [0.25, 0.3) is 5.91 Å². The van der Waals surface area contributed by atoms with Crippen molar-refractivity contribution >= 4 is 39.4 Å². The van der Waals surface area contributed by atoms with E-state index in [0.717, 1.165) is 27.8 Å². The number of fused-ring (bicyclic) bond motifs is 3. The van der Waals surface area contributed by atoms with Gasteiger partial charge in [-0.25, -0.2) is 13.2 Å². The second kappa shape index (κ2) is 16.0. The summed E-state index contributed by atoms with van der Waals surface area (Å²) < 4.78 is 33.0. The van der Waals surface area contributed by atoms with Crippen LogP contribution in [0.3, 0.4) is 0 Å². The van der Waals surface area contributed by atoms with Crippen molar-refractivity contribution in [3.8, 4) is 11.1 Å². The molecule has 4 aliphatic rings. The van der Waals surface area contributed by atoms with Crippen LogP contribution in [-0.4, -0.2) is 84.8 Å². The van der Waals surface area contributed by atoms with Crippen molar-refractivity contribution in [1.29, 1.82) is 0 Å². The molecule has 3 aromatic rings. The van der Waals surface area contributed by atoms with Crippen LogP contribution in [0.15, 0.2) is 96.7 Å². The number of nitrogens with zero attached hydrogens (tertiary/aromatic N) is 2. The lowest BCUT2D eigenvalue weighted by molar-refractivity contribution is -0.163. The SMILES string of the molecule is C=C[C@@H]1C[C@@]1(NC(=O)[C@@H]1C[C@@H](ON=C2c3ccccc3-c3ccccc32)CN1C(=O)[C@H](NOC(=O)COCc1ccccc1)C(C)C)C(=O)NS(=O)(=O)C1CC1. The fourth-order valence-corrected chi connectivity index (χ4v) is 8.60. The molecule has 15 heteroatoms. The molecule has 7 rings (SSSR count). The van der Waals surface area contributed by atoms with E-state index in [4.69, 9.17) is 14.4 Å². The van der Waals surface area contributed by atoms with Crippen molar-refractivity contribution in [2.75, 3.05) is 13.2 Å². The Labute approximate surface area is 325 Å². The Morgan fingerprint density at radius 2 is 1.57 bits per heavy atom. The van der Waals surface area contributed by atoms with E-state index in [9.17, 15) is 27.6 Å². The molecule has 0 spiro atoms. The predicted molar refractivity (Wildman–Crippen MR) is 206 cm³/mol. The minimum atomic E-state index is -3.90. The summed E-state index contributed by atoms with van der Waals surface area (Å²) in [6.45, 7) is 7.04. The van der Waals surface area contributed by atoms with Crippen molar-refractivity contribution in [3.63, 3.8) is 0 Å². The van der Waals surface area contributed by atoms with Crippen molar-refractivity contribution < 1.29 is 42.0 Å². The van der Waals surface area contributed by atoms with Gasteiger partial charge in [0.05, 0.1) is 18.4 Å². The van der Waals surface area contributed by atoms with E-state index < -0.39 is 74.5 Å². The Hall–Kier alpha value is -5.38. The van der Waals surface area contributed by atoms with Crippen LogP contribution < -0.4 is 15.5 Å². The zero-order chi connectivity index (χ0) is 39.6. The summed E-state index contributed by atoms with van der Waals surface area (Å²) in [4.78, 5) is 67.4. The largest absolute Gasteiger partial charge is 0.390 e. The van der Waals surface area contributed by atoms with Gasteiger partial charge < -0.3 is 24.6 Å². The van der Waals surface area contributed by atoms with Gasteiger partial charge in [0.15, 0.2) is 0 Å². The third-order valence-electron chi connectivity index (χ3n) is 10.6. The number of carbonyl (C=O) groups is 4. The maximum atomic E-state index is 14.3. The first-order valence-electron chi connectivity index (χ1n) is 18.7. The third kappa shape index (κ3) is 8.11. The molecule has 1 aliphatic heterocycles. The van der Waals surface area contributed by atoms with Crippen molar-refractivity contribution in [1.82, 2.24) is 20.4 Å². The summed E-state index contributed by atoms with van der Waals surface area (Å²) in [5.74, 6) is -3.76. The van der Waals surface area contributed by atoms with E-state index in [1.54, 1.807) is 13.8 Å². The Morgan fingerprint density at radius 1 is 0.946 bits per heavy atom. The average molecular weight is 784 g/mol. The highest BCUT2D eigenvalue weighted by Gasteiger charge is 2.62. The summed E-state index contributed by atoms with van der Waals surface area (Å²) in [5, 5.41) is 6.71.